The van der Waals surface area contributed by atoms with Crippen LogP contribution in [-0.2, 0) is 6.42 Å². The van der Waals surface area contributed by atoms with Crippen molar-refractivity contribution in [1.82, 2.24) is 10.6 Å². The first-order valence-corrected chi connectivity index (χ1v) is 7.36. The molecule has 0 saturated carbocycles. The summed E-state index contributed by atoms with van der Waals surface area (Å²) in [6.07, 6.45) is 2.29. The number of phenolic OH excluding ortho intramolecular Hbond substituents is 1. The molecule has 0 bridgehead atoms. The lowest BCUT2D eigenvalue weighted by molar-refractivity contribution is 0.162. The molecule has 1 rings (SSSR count). The number of aromatic hydroxyl groups is 1. The van der Waals surface area contributed by atoms with Gasteiger partial charge in [0, 0.05) is 6.04 Å². The smallest absolute Gasteiger partial charge is 0.315 e. The Balaban J connectivity index is 2.48. The summed E-state index contributed by atoms with van der Waals surface area (Å²) in [5, 5.41) is 24.3. The first-order valence-electron chi connectivity index (χ1n) is 7.36. The summed E-state index contributed by atoms with van der Waals surface area (Å²) in [7, 11) is 0. The van der Waals surface area contributed by atoms with E-state index in [2.05, 4.69) is 10.6 Å². The van der Waals surface area contributed by atoms with Crippen molar-refractivity contribution in [2.24, 2.45) is 0 Å². The van der Waals surface area contributed by atoms with Crippen molar-refractivity contribution in [1.29, 1.82) is 0 Å². The van der Waals surface area contributed by atoms with Crippen LogP contribution in [0.2, 0.25) is 0 Å². The molecule has 0 fully saturated rings. The summed E-state index contributed by atoms with van der Waals surface area (Å²) in [5.41, 5.74) is 0.455. The molecule has 21 heavy (non-hydrogen) atoms. The number of carbonyl (C=O) groups is 1. The van der Waals surface area contributed by atoms with Gasteiger partial charge in [-0.1, -0.05) is 25.5 Å². The van der Waals surface area contributed by atoms with E-state index in [0.717, 1.165) is 18.4 Å². The minimum atomic E-state index is -0.586. The Morgan fingerprint density at radius 2 is 1.95 bits per heavy atom. The number of aliphatic hydroxyl groups is 1. The van der Waals surface area contributed by atoms with Crippen LogP contribution < -0.4 is 10.6 Å². The minimum absolute atomic E-state index is 0.0425. The van der Waals surface area contributed by atoms with Crippen molar-refractivity contribution < 1.29 is 15.0 Å². The van der Waals surface area contributed by atoms with Crippen LogP contribution in [0, 0.1) is 0 Å². The second-order valence-corrected chi connectivity index (χ2v) is 5.84. The third-order valence-corrected chi connectivity index (χ3v) is 3.42. The Morgan fingerprint density at radius 3 is 2.48 bits per heavy atom. The summed E-state index contributed by atoms with van der Waals surface area (Å²) in [5.74, 6) is 0.232. The van der Waals surface area contributed by atoms with Gasteiger partial charge in [0.15, 0.2) is 0 Å². The molecule has 5 nitrogen and oxygen atoms in total. The molecule has 4 N–H and O–H groups in total. The molecular weight excluding hydrogens is 268 g/mol. The lowest BCUT2D eigenvalue weighted by atomic mass is 9.97. The maximum absolute atomic E-state index is 12.0. The Morgan fingerprint density at radius 1 is 1.33 bits per heavy atom. The van der Waals surface area contributed by atoms with Crippen molar-refractivity contribution >= 4 is 6.03 Å². The van der Waals surface area contributed by atoms with Gasteiger partial charge in [0.2, 0.25) is 0 Å². The zero-order chi connectivity index (χ0) is 15.9. The van der Waals surface area contributed by atoms with Crippen molar-refractivity contribution in [3.63, 3.8) is 0 Å². The Bertz CT molecular complexity index is 447. The predicted octanol–water partition coefficient (Wildman–Crippen LogP) is 2.17. The maximum atomic E-state index is 12.0. The molecule has 0 aliphatic carbocycles. The van der Waals surface area contributed by atoms with E-state index in [-0.39, 0.29) is 24.4 Å². The van der Waals surface area contributed by atoms with Gasteiger partial charge < -0.3 is 20.8 Å². The van der Waals surface area contributed by atoms with Crippen LogP contribution >= 0.6 is 0 Å². The summed E-state index contributed by atoms with van der Waals surface area (Å²) < 4.78 is 0. The van der Waals surface area contributed by atoms with E-state index in [0.29, 0.717) is 6.42 Å². The molecule has 2 amide bonds. The van der Waals surface area contributed by atoms with E-state index in [1.165, 1.54) is 0 Å². The Hall–Kier alpha value is -1.75. The van der Waals surface area contributed by atoms with Crippen molar-refractivity contribution in [3.05, 3.63) is 29.8 Å². The lowest BCUT2D eigenvalue weighted by Crippen LogP contribution is -2.54. The van der Waals surface area contributed by atoms with Gasteiger partial charge >= 0.3 is 6.03 Å². The third-order valence-electron chi connectivity index (χ3n) is 3.42. The van der Waals surface area contributed by atoms with Crippen LogP contribution in [0.25, 0.3) is 0 Å². The highest BCUT2D eigenvalue weighted by Gasteiger charge is 2.24. The fourth-order valence-electron chi connectivity index (χ4n) is 2.30. The zero-order valence-corrected chi connectivity index (χ0v) is 13.0. The van der Waals surface area contributed by atoms with Crippen molar-refractivity contribution in [2.75, 3.05) is 6.61 Å². The van der Waals surface area contributed by atoms with E-state index < -0.39 is 5.54 Å². The average Bonchev–Trinajstić information content (AvgIpc) is 2.41. The Labute approximate surface area is 126 Å². The first kappa shape index (κ1) is 17.3. The van der Waals surface area contributed by atoms with Gasteiger partial charge in [0.1, 0.15) is 5.75 Å². The molecule has 2 unspecified atom stereocenters. The van der Waals surface area contributed by atoms with Crippen molar-refractivity contribution in [3.8, 4) is 5.75 Å². The van der Waals surface area contributed by atoms with E-state index >= 15 is 0 Å². The van der Waals surface area contributed by atoms with Gasteiger partial charge in [-0.05, 0) is 44.4 Å². The molecule has 5 heteroatoms. The molecule has 0 aliphatic rings. The Kier molecular flexibility index (Phi) is 6.49. The van der Waals surface area contributed by atoms with Crippen LogP contribution in [0.3, 0.4) is 0 Å². The molecule has 118 valence electrons. The number of hydrogen-bond acceptors (Lipinski definition) is 3. The number of hydrogen-bond donors (Lipinski definition) is 4. The van der Waals surface area contributed by atoms with Gasteiger partial charge in [-0.2, -0.15) is 0 Å². The van der Waals surface area contributed by atoms with Gasteiger partial charge in [-0.15, -0.1) is 0 Å². The van der Waals surface area contributed by atoms with E-state index in [9.17, 15) is 15.0 Å². The second-order valence-electron chi connectivity index (χ2n) is 5.84. The lowest BCUT2D eigenvalue weighted by Gasteiger charge is -2.29. The molecule has 0 spiro atoms. The number of amides is 2. The number of rotatable bonds is 7. The van der Waals surface area contributed by atoms with Crippen LogP contribution in [0.15, 0.2) is 24.3 Å². The number of benzene rings is 1. The third kappa shape index (κ3) is 6.04. The predicted molar refractivity (Wildman–Crippen MR) is 83.3 cm³/mol. The standard InChI is InChI=1S/C16H26N2O3/c1-4-9-16(3,11-19)18-15(21)17-12(2)10-13-5-7-14(20)8-6-13/h5-8,12,19-20H,4,9-11H2,1-3H3,(H2,17,18,21). The van der Waals surface area contributed by atoms with Crippen LogP contribution in [0.4, 0.5) is 4.79 Å². The number of urea groups is 1. The van der Waals surface area contributed by atoms with Gasteiger partial charge in [0.05, 0.1) is 12.1 Å². The van der Waals surface area contributed by atoms with E-state index in [1.54, 1.807) is 12.1 Å². The first-order chi connectivity index (χ1) is 9.88. The number of nitrogens with one attached hydrogen (secondary N) is 2. The molecule has 2 atom stereocenters. The molecule has 0 aliphatic heterocycles. The minimum Gasteiger partial charge on any atom is -0.508 e. The van der Waals surface area contributed by atoms with E-state index in [1.807, 2.05) is 32.9 Å². The fraction of sp³-hybridized carbons (Fsp3) is 0.562. The highest BCUT2D eigenvalue weighted by Crippen LogP contribution is 2.12. The maximum Gasteiger partial charge on any atom is 0.315 e. The van der Waals surface area contributed by atoms with Gasteiger partial charge in [-0.3, -0.25) is 0 Å². The summed E-state index contributed by atoms with van der Waals surface area (Å²) in [4.78, 5) is 12.0. The van der Waals surface area contributed by atoms with Crippen molar-refractivity contribution in [2.45, 2.75) is 51.6 Å². The van der Waals surface area contributed by atoms with E-state index in [4.69, 9.17) is 0 Å². The SMILES string of the molecule is CCCC(C)(CO)NC(=O)NC(C)Cc1ccc(O)cc1. The molecule has 1 aromatic rings. The highest BCUT2D eigenvalue weighted by atomic mass is 16.3. The van der Waals surface area contributed by atoms with Crippen LogP contribution in [-0.4, -0.2) is 34.4 Å². The molecule has 0 aromatic heterocycles. The summed E-state index contributed by atoms with van der Waals surface area (Å²) >= 11 is 0. The molecule has 0 saturated heterocycles. The highest BCUT2D eigenvalue weighted by molar-refractivity contribution is 5.75. The fourth-order valence-corrected chi connectivity index (χ4v) is 2.30. The zero-order valence-electron chi connectivity index (χ0n) is 13.0. The molecule has 1 aromatic carbocycles. The second kappa shape index (κ2) is 7.88. The van der Waals surface area contributed by atoms with Crippen LogP contribution in [0.5, 0.6) is 5.75 Å². The number of aliphatic hydroxyl groups excluding tert-OH is 1. The number of phenols is 1. The normalized spacial score (nSPS) is 15.0. The van der Waals surface area contributed by atoms with Crippen LogP contribution in [0.1, 0.15) is 39.2 Å². The molecule has 0 heterocycles. The topological polar surface area (TPSA) is 81.6 Å². The molecular formula is C16H26N2O3. The van der Waals surface area contributed by atoms with Gasteiger partial charge in [-0.25, -0.2) is 4.79 Å². The molecule has 0 radical (unpaired) electrons. The monoisotopic (exact) mass is 294 g/mol. The van der Waals surface area contributed by atoms with Gasteiger partial charge in [0.25, 0.3) is 0 Å². The summed E-state index contributed by atoms with van der Waals surface area (Å²) in [6.45, 7) is 5.69. The quantitative estimate of drug-likeness (QED) is 0.622. The average molecular weight is 294 g/mol. The number of carbonyl (C=O) groups excluding carboxylic acids is 1. The summed E-state index contributed by atoms with van der Waals surface area (Å²) in [6, 6.07) is 6.62. The largest absolute Gasteiger partial charge is 0.508 e.